The minimum atomic E-state index is -0.103. The molecule has 0 aliphatic rings. The number of nitrogens with one attached hydrogen (secondary N) is 1. The van der Waals surface area contributed by atoms with Gasteiger partial charge in [0.05, 0.1) is 23.1 Å². The number of rotatable bonds is 9. The van der Waals surface area contributed by atoms with Crippen LogP contribution in [0.3, 0.4) is 0 Å². The molecule has 1 amide bonds. The fourth-order valence-corrected chi connectivity index (χ4v) is 3.88. The maximum atomic E-state index is 12.2. The highest BCUT2D eigenvalue weighted by molar-refractivity contribution is 5.93. The zero-order valence-corrected chi connectivity index (χ0v) is 18.5. The molecule has 0 aliphatic carbocycles. The Morgan fingerprint density at radius 2 is 1.88 bits per heavy atom. The first-order valence-electron chi connectivity index (χ1n) is 10.9. The number of hydrogen-bond acceptors (Lipinski definition) is 4. The van der Waals surface area contributed by atoms with Crippen LogP contribution in [-0.4, -0.2) is 33.6 Å². The third-order valence-corrected chi connectivity index (χ3v) is 5.30. The highest BCUT2D eigenvalue weighted by Gasteiger charge is 2.11. The molecule has 0 unspecified atom stereocenters. The van der Waals surface area contributed by atoms with Crippen LogP contribution in [0, 0.1) is 13.8 Å². The summed E-state index contributed by atoms with van der Waals surface area (Å²) in [7, 11) is 0. The Morgan fingerprint density at radius 1 is 1.06 bits per heavy atom. The molecule has 2 aromatic heterocycles. The van der Waals surface area contributed by atoms with Crippen molar-refractivity contribution in [3.63, 3.8) is 0 Å². The molecule has 0 spiro atoms. The van der Waals surface area contributed by atoms with Crippen molar-refractivity contribution in [3.05, 3.63) is 89.5 Å². The zero-order valence-electron chi connectivity index (χ0n) is 18.5. The Bertz CT molecular complexity index is 1180. The van der Waals surface area contributed by atoms with E-state index >= 15 is 0 Å². The van der Waals surface area contributed by atoms with Gasteiger partial charge in [0.2, 0.25) is 0 Å². The van der Waals surface area contributed by atoms with E-state index in [2.05, 4.69) is 53.0 Å². The number of carbonyl (C=O) groups is 1. The van der Waals surface area contributed by atoms with E-state index in [1.807, 2.05) is 18.2 Å². The summed E-state index contributed by atoms with van der Waals surface area (Å²) < 4.78 is 8.26. The van der Waals surface area contributed by atoms with E-state index in [-0.39, 0.29) is 5.91 Å². The predicted molar refractivity (Wildman–Crippen MR) is 126 cm³/mol. The minimum Gasteiger partial charge on any atom is -0.492 e. The van der Waals surface area contributed by atoms with Gasteiger partial charge in [-0.15, -0.1) is 0 Å². The Labute approximate surface area is 188 Å². The number of aromatic nitrogens is 3. The number of imidazole rings is 1. The normalized spacial score (nSPS) is 10.9. The lowest BCUT2D eigenvalue weighted by Gasteiger charge is -2.12. The number of fused-ring (bicyclic) bond motifs is 1. The second-order valence-corrected chi connectivity index (χ2v) is 7.94. The molecular formula is C26H28N4O2. The monoisotopic (exact) mass is 428 g/mol. The molecule has 2 aromatic carbocycles. The van der Waals surface area contributed by atoms with Crippen molar-refractivity contribution in [2.75, 3.05) is 13.2 Å². The van der Waals surface area contributed by atoms with Gasteiger partial charge in [-0.05, 0) is 67.8 Å². The summed E-state index contributed by atoms with van der Waals surface area (Å²) in [6.07, 6.45) is 4.80. The highest BCUT2D eigenvalue weighted by Crippen LogP contribution is 2.19. The summed E-state index contributed by atoms with van der Waals surface area (Å²) in [5, 5.41) is 2.96. The van der Waals surface area contributed by atoms with Crippen LogP contribution < -0.4 is 10.1 Å². The maximum Gasteiger partial charge on any atom is 0.252 e. The first-order chi connectivity index (χ1) is 15.6. The van der Waals surface area contributed by atoms with Crippen molar-refractivity contribution in [2.24, 2.45) is 0 Å². The molecule has 0 fully saturated rings. The zero-order chi connectivity index (χ0) is 22.3. The van der Waals surface area contributed by atoms with Crippen LogP contribution in [0.15, 0.2) is 67.0 Å². The maximum absolute atomic E-state index is 12.2. The fourth-order valence-electron chi connectivity index (χ4n) is 3.88. The molecule has 0 radical (unpaired) electrons. The van der Waals surface area contributed by atoms with Crippen LogP contribution in [0.4, 0.5) is 0 Å². The number of ether oxygens (including phenoxy) is 1. The lowest BCUT2D eigenvalue weighted by molar-refractivity contribution is 0.0952. The minimum absolute atomic E-state index is 0.103. The van der Waals surface area contributed by atoms with Gasteiger partial charge in [0.25, 0.3) is 5.91 Å². The molecule has 6 nitrogen and oxygen atoms in total. The van der Waals surface area contributed by atoms with Crippen LogP contribution in [-0.2, 0) is 13.0 Å². The number of amides is 1. The topological polar surface area (TPSA) is 69.0 Å². The van der Waals surface area contributed by atoms with Gasteiger partial charge in [0, 0.05) is 25.4 Å². The molecule has 2 heterocycles. The van der Waals surface area contributed by atoms with Gasteiger partial charge >= 0.3 is 0 Å². The van der Waals surface area contributed by atoms with E-state index in [4.69, 9.17) is 9.72 Å². The first-order valence-corrected chi connectivity index (χ1v) is 10.9. The molecular weight excluding hydrogens is 400 g/mol. The van der Waals surface area contributed by atoms with Crippen molar-refractivity contribution < 1.29 is 9.53 Å². The summed E-state index contributed by atoms with van der Waals surface area (Å²) >= 11 is 0. The Kier molecular flexibility index (Phi) is 6.80. The lowest BCUT2D eigenvalue weighted by Crippen LogP contribution is -2.25. The summed E-state index contributed by atoms with van der Waals surface area (Å²) in [5.74, 6) is 1.80. The van der Waals surface area contributed by atoms with Gasteiger partial charge in [-0.3, -0.25) is 9.78 Å². The SMILES string of the molecule is Cc1cc(C)cc(OCCn2c(CCCNC(=O)c3cccnc3)nc3ccccc32)c1. The molecule has 1 N–H and O–H groups in total. The predicted octanol–water partition coefficient (Wildman–Crippen LogP) is 4.49. The number of benzene rings is 2. The highest BCUT2D eigenvalue weighted by atomic mass is 16.5. The average Bonchev–Trinajstić information content (AvgIpc) is 3.14. The quantitative estimate of drug-likeness (QED) is 0.399. The van der Waals surface area contributed by atoms with Crippen LogP contribution in [0.1, 0.15) is 33.7 Å². The van der Waals surface area contributed by atoms with E-state index < -0.39 is 0 Å². The molecule has 0 saturated carbocycles. The van der Waals surface area contributed by atoms with Gasteiger partial charge in [0.1, 0.15) is 18.2 Å². The molecule has 6 heteroatoms. The Morgan fingerprint density at radius 3 is 2.66 bits per heavy atom. The Hall–Kier alpha value is -3.67. The van der Waals surface area contributed by atoms with Crippen molar-refractivity contribution in [3.8, 4) is 5.75 Å². The fraction of sp³-hybridized carbons (Fsp3) is 0.269. The van der Waals surface area contributed by atoms with Gasteiger partial charge in [0.15, 0.2) is 0 Å². The number of nitrogens with zero attached hydrogens (tertiary/aromatic N) is 3. The van der Waals surface area contributed by atoms with Crippen molar-refractivity contribution in [1.29, 1.82) is 0 Å². The molecule has 4 aromatic rings. The number of aryl methyl sites for hydroxylation is 3. The average molecular weight is 429 g/mol. The summed E-state index contributed by atoms with van der Waals surface area (Å²) in [6.45, 7) is 6.01. The van der Waals surface area contributed by atoms with Crippen LogP contribution >= 0.6 is 0 Å². The summed E-state index contributed by atoms with van der Waals surface area (Å²) in [6, 6.07) is 17.9. The number of carbonyl (C=O) groups excluding carboxylic acids is 1. The van der Waals surface area contributed by atoms with Crippen LogP contribution in [0.25, 0.3) is 11.0 Å². The summed E-state index contributed by atoms with van der Waals surface area (Å²) in [4.78, 5) is 21.0. The van der Waals surface area contributed by atoms with Crippen LogP contribution in [0.5, 0.6) is 5.75 Å². The molecule has 0 bridgehead atoms. The standard InChI is InChI=1S/C26H28N4O2/c1-19-15-20(2)17-22(16-19)32-14-13-30-24-9-4-3-8-23(24)29-25(30)10-6-12-28-26(31)21-7-5-11-27-18-21/h3-5,7-9,11,15-18H,6,10,12-14H2,1-2H3,(H,28,31). The van der Waals surface area contributed by atoms with E-state index in [1.54, 1.807) is 24.5 Å². The van der Waals surface area contributed by atoms with Crippen molar-refractivity contribution in [1.82, 2.24) is 19.9 Å². The van der Waals surface area contributed by atoms with E-state index in [0.717, 1.165) is 35.4 Å². The van der Waals surface area contributed by atoms with Crippen molar-refractivity contribution in [2.45, 2.75) is 33.2 Å². The lowest BCUT2D eigenvalue weighted by atomic mass is 10.1. The molecule has 0 saturated heterocycles. The molecule has 4 rings (SSSR count). The van der Waals surface area contributed by atoms with Gasteiger partial charge < -0.3 is 14.6 Å². The third-order valence-electron chi connectivity index (χ3n) is 5.30. The smallest absolute Gasteiger partial charge is 0.252 e. The second kappa shape index (κ2) is 10.1. The largest absolute Gasteiger partial charge is 0.492 e. The van der Waals surface area contributed by atoms with Crippen LogP contribution in [0.2, 0.25) is 0 Å². The van der Waals surface area contributed by atoms with E-state index in [0.29, 0.717) is 25.3 Å². The second-order valence-electron chi connectivity index (χ2n) is 7.94. The molecule has 32 heavy (non-hydrogen) atoms. The Balaban J connectivity index is 1.38. The summed E-state index contributed by atoms with van der Waals surface area (Å²) in [5.41, 5.74) is 5.05. The van der Waals surface area contributed by atoms with Gasteiger partial charge in [-0.1, -0.05) is 18.2 Å². The number of pyridine rings is 1. The van der Waals surface area contributed by atoms with E-state index in [1.165, 1.54) is 11.1 Å². The number of para-hydroxylation sites is 2. The molecule has 0 aliphatic heterocycles. The van der Waals surface area contributed by atoms with E-state index in [9.17, 15) is 4.79 Å². The van der Waals surface area contributed by atoms with Crippen molar-refractivity contribution >= 4 is 16.9 Å². The third kappa shape index (κ3) is 5.32. The van der Waals surface area contributed by atoms with Gasteiger partial charge in [-0.2, -0.15) is 0 Å². The molecule has 0 atom stereocenters. The van der Waals surface area contributed by atoms with Gasteiger partial charge in [-0.25, -0.2) is 4.98 Å². The number of hydrogen-bond donors (Lipinski definition) is 1. The molecule has 164 valence electrons. The first kappa shape index (κ1) is 21.6.